The summed E-state index contributed by atoms with van der Waals surface area (Å²) in [6, 6.07) is 1.83. The van der Waals surface area contributed by atoms with Crippen LogP contribution < -0.4 is 5.56 Å². The summed E-state index contributed by atoms with van der Waals surface area (Å²) in [5.74, 6) is 0.181. The lowest BCUT2D eigenvalue weighted by Gasteiger charge is -2.17. The van der Waals surface area contributed by atoms with Crippen LogP contribution in [0, 0.1) is 26.2 Å². The number of H-pyrrole nitrogens is 1. The molecule has 2 rings (SSSR count). The molecule has 0 saturated heterocycles. The second kappa shape index (κ2) is 6.00. The van der Waals surface area contributed by atoms with Gasteiger partial charge in [0.1, 0.15) is 0 Å². The maximum atomic E-state index is 12.1. The van der Waals surface area contributed by atoms with E-state index in [0.717, 1.165) is 24.1 Å². The summed E-state index contributed by atoms with van der Waals surface area (Å²) in [5, 5.41) is 0. The number of allylic oxidation sites excluding steroid dienone is 2. The molecule has 1 aliphatic rings. The fraction of sp³-hybridized carbons (Fsp3) is 0.438. The van der Waals surface area contributed by atoms with E-state index in [2.05, 4.69) is 11.4 Å². The largest absolute Gasteiger partial charge is 0.326 e. The van der Waals surface area contributed by atoms with Crippen LogP contribution in [0.1, 0.15) is 47.3 Å². The summed E-state index contributed by atoms with van der Waals surface area (Å²) in [7, 11) is 0. The Morgan fingerprint density at radius 3 is 2.79 bits per heavy atom. The third-order valence-corrected chi connectivity index (χ3v) is 3.57. The van der Waals surface area contributed by atoms with Gasteiger partial charge in [0.15, 0.2) is 5.78 Å². The van der Waals surface area contributed by atoms with Gasteiger partial charge >= 0.3 is 0 Å². The summed E-state index contributed by atoms with van der Waals surface area (Å²) < 4.78 is 0. The third-order valence-electron chi connectivity index (χ3n) is 3.57. The molecule has 0 aliphatic heterocycles. The van der Waals surface area contributed by atoms with Crippen molar-refractivity contribution in [2.24, 2.45) is 5.92 Å². The molecular formula is C16H20NO2. The molecule has 1 saturated carbocycles. The van der Waals surface area contributed by atoms with Gasteiger partial charge in [-0.2, -0.15) is 0 Å². The molecule has 1 N–H and O–H groups in total. The van der Waals surface area contributed by atoms with E-state index in [1.165, 1.54) is 12.8 Å². The molecule has 101 valence electrons. The van der Waals surface area contributed by atoms with Crippen LogP contribution in [0.3, 0.4) is 0 Å². The van der Waals surface area contributed by atoms with Crippen molar-refractivity contribution in [3.8, 4) is 0 Å². The SMILES string of the molecule is Cc1cc(C)c(C(=O)/C=C/C2[CH]CCCC2)c(=O)[nH]1. The van der Waals surface area contributed by atoms with E-state index in [1.54, 1.807) is 13.0 Å². The Bertz CT molecular complexity index is 548. The number of nitrogens with one attached hydrogen (secondary N) is 1. The molecule has 1 heterocycles. The summed E-state index contributed by atoms with van der Waals surface area (Å²) in [4.78, 5) is 26.6. The Balaban J connectivity index is 2.16. The van der Waals surface area contributed by atoms with E-state index in [4.69, 9.17) is 0 Å². The van der Waals surface area contributed by atoms with Crippen LogP contribution in [-0.4, -0.2) is 10.8 Å². The molecule has 3 heteroatoms. The zero-order valence-corrected chi connectivity index (χ0v) is 11.5. The topological polar surface area (TPSA) is 49.9 Å². The molecule has 19 heavy (non-hydrogen) atoms. The van der Waals surface area contributed by atoms with Crippen LogP contribution in [0.4, 0.5) is 0 Å². The number of hydrogen-bond acceptors (Lipinski definition) is 2. The maximum absolute atomic E-state index is 12.1. The van der Waals surface area contributed by atoms with Gasteiger partial charge in [-0.15, -0.1) is 0 Å². The van der Waals surface area contributed by atoms with Crippen LogP contribution in [-0.2, 0) is 0 Å². The molecule has 0 aromatic carbocycles. The number of rotatable bonds is 3. The zero-order chi connectivity index (χ0) is 13.8. The molecular weight excluding hydrogens is 238 g/mol. The van der Waals surface area contributed by atoms with Gasteiger partial charge in [-0.1, -0.05) is 18.9 Å². The average molecular weight is 258 g/mol. The summed E-state index contributed by atoms with van der Waals surface area (Å²) in [6.45, 7) is 3.62. The number of pyridine rings is 1. The monoisotopic (exact) mass is 258 g/mol. The van der Waals surface area contributed by atoms with Crippen molar-refractivity contribution >= 4 is 5.78 Å². The van der Waals surface area contributed by atoms with Crippen molar-refractivity contribution in [3.05, 3.63) is 51.8 Å². The maximum Gasteiger partial charge on any atom is 0.259 e. The molecule has 1 aromatic heterocycles. The van der Waals surface area contributed by atoms with Crippen molar-refractivity contribution in [2.45, 2.75) is 39.5 Å². The molecule has 0 amide bonds. The second-order valence-electron chi connectivity index (χ2n) is 5.25. The lowest BCUT2D eigenvalue weighted by Crippen LogP contribution is -2.19. The van der Waals surface area contributed by atoms with Crippen molar-refractivity contribution in [3.63, 3.8) is 0 Å². The first-order valence-electron chi connectivity index (χ1n) is 6.84. The number of aryl methyl sites for hydroxylation is 2. The molecule has 1 atom stereocenters. The average Bonchev–Trinajstić information content (AvgIpc) is 2.36. The highest BCUT2D eigenvalue weighted by Crippen LogP contribution is 2.23. The number of aromatic nitrogens is 1. The van der Waals surface area contributed by atoms with Crippen molar-refractivity contribution in [2.75, 3.05) is 0 Å². The van der Waals surface area contributed by atoms with Gasteiger partial charge in [-0.25, -0.2) is 0 Å². The Labute approximate surface area is 113 Å². The van der Waals surface area contributed by atoms with Gasteiger partial charge in [-0.3, -0.25) is 9.59 Å². The predicted molar refractivity (Wildman–Crippen MR) is 76.3 cm³/mol. The first-order chi connectivity index (χ1) is 9.08. The predicted octanol–water partition coefficient (Wildman–Crippen LogP) is 3.13. The number of aromatic amines is 1. The lowest BCUT2D eigenvalue weighted by molar-refractivity contribution is 0.104. The quantitative estimate of drug-likeness (QED) is 0.669. The van der Waals surface area contributed by atoms with Gasteiger partial charge in [0.25, 0.3) is 5.56 Å². The summed E-state index contributed by atoms with van der Waals surface area (Å²) in [5.41, 5.74) is 1.49. The number of ketones is 1. The van der Waals surface area contributed by atoms with E-state index in [1.807, 2.05) is 19.1 Å². The van der Waals surface area contributed by atoms with E-state index in [9.17, 15) is 9.59 Å². The second-order valence-corrected chi connectivity index (χ2v) is 5.25. The molecule has 1 unspecified atom stereocenters. The van der Waals surface area contributed by atoms with Gasteiger partial charge in [0.05, 0.1) is 5.56 Å². The number of carbonyl (C=O) groups is 1. The van der Waals surface area contributed by atoms with E-state index in [-0.39, 0.29) is 16.9 Å². The smallest absolute Gasteiger partial charge is 0.259 e. The Hall–Kier alpha value is -1.64. The molecule has 1 fully saturated rings. The van der Waals surface area contributed by atoms with Crippen molar-refractivity contribution < 1.29 is 4.79 Å². The zero-order valence-electron chi connectivity index (χ0n) is 11.5. The number of hydrogen-bond donors (Lipinski definition) is 1. The molecule has 1 aromatic rings. The van der Waals surface area contributed by atoms with Gasteiger partial charge in [-0.05, 0) is 56.7 Å². The summed E-state index contributed by atoms with van der Waals surface area (Å²) >= 11 is 0. The molecule has 0 bridgehead atoms. The van der Waals surface area contributed by atoms with E-state index < -0.39 is 0 Å². The first kappa shape index (κ1) is 13.8. The highest BCUT2D eigenvalue weighted by molar-refractivity contribution is 6.05. The lowest BCUT2D eigenvalue weighted by atomic mass is 9.88. The number of carbonyl (C=O) groups excluding carboxylic acids is 1. The highest BCUT2D eigenvalue weighted by Gasteiger charge is 2.14. The fourth-order valence-corrected chi connectivity index (χ4v) is 2.60. The van der Waals surface area contributed by atoms with Gasteiger partial charge in [0.2, 0.25) is 0 Å². The van der Waals surface area contributed by atoms with Gasteiger partial charge in [0, 0.05) is 5.69 Å². The third kappa shape index (κ3) is 3.43. The van der Waals surface area contributed by atoms with Crippen molar-refractivity contribution in [1.82, 2.24) is 4.98 Å². The Morgan fingerprint density at radius 1 is 1.37 bits per heavy atom. The van der Waals surface area contributed by atoms with Crippen LogP contribution in [0.5, 0.6) is 0 Å². The van der Waals surface area contributed by atoms with Crippen LogP contribution >= 0.6 is 0 Å². The van der Waals surface area contributed by atoms with Crippen molar-refractivity contribution in [1.29, 1.82) is 0 Å². The molecule has 3 nitrogen and oxygen atoms in total. The van der Waals surface area contributed by atoms with Gasteiger partial charge < -0.3 is 4.98 Å². The van der Waals surface area contributed by atoms with E-state index in [0.29, 0.717) is 5.92 Å². The molecule has 0 spiro atoms. The minimum Gasteiger partial charge on any atom is -0.326 e. The van der Waals surface area contributed by atoms with Crippen LogP contribution in [0.2, 0.25) is 0 Å². The van der Waals surface area contributed by atoms with Crippen LogP contribution in [0.15, 0.2) is 23.0 Å². The normalized spacial score (nSPS) is 16.9. The fourth-order valence-electron chi connectivity index (χ4n) is 2.60. The first-order valence-corrected chi connectivity index (χ1v) is 6.84. The van der Waals surface area contributed by atoms with Crippen LogP contribution in [0.25, 0.3) is 0 Å². The highest BCUT2D eigenvalue weighted by atomic mass is 16.1. The Morgan fingerprint density at radius 2 is 2.16 bits per heavy atom. The summed E-state index contributed by atoms with van der Waals surface area (Å²) in [6.07, 6.45) is 10.4. The molecule has 1 radical (unpaired) electrons. The standard InChI is InChI=1S/C16H20NO2/c1-11-10-12(2)17-16(19)15(11)14(18)9-8-13-6-4-3-5-7-13/h6,8-10,13H,3-5,7H2,1-2H3,(H,17,19)/b9-8+. The minimum atomic E-state index is -0.292. The molecule has 1 aliphatic carbocycles. The minimum absolute atomic E-state index is 0.197. The Kier molecular flexibility index (Phi) is 4.35. The van der Waals surface area contributed by atoms with E-state index >= 15 is 0 Å².